The van der Waals surface area contributed by atoms with Gasteiger partial charge in [-0.25, -0.2) is 4.79 Å². The molecule has 0 saturated carbocycles. The van der Waals surface area contributed by atoms with E-state index in [1.165, 1.54) is 24.3 Å². The van der Waals surface area contributed by atoms with E-state index in [1.807, 2.05) is 0 Å². The fraction of sp³-hybridized carbons (Fsp3) is 0.263. The number of carbonyl (C=O) groups excluding carboxylic acids is 1. The quantitative estimate of drug-likeness (QED) is 0.816. The lowest BCUT2D eigenvalue weighted by Gasteiger charge is -2.13. The third-order valence-corrected chi connectivity index (χ3v) is 3.94. The van der Waals surface area contributed by atoms with Crippen LogP contribution >= 0.6 is 0 Å². The van der Waals surface area contributed by atoms with Crippen molar-refractivity contribution in [3.63, 3.8) is 0 Å². The Morgan fingerprint density at radius 3 is 2.04 bits per heavy atom. The fourth-order valence-electron chi connectivity index (χ4n) is 2.40. The Labute approximate surface area is 148 Å². The van der Waals surface area contributed by atoms with Crippen molar-refractivity contribution < 1.29 is 27.9 Å². The number of carboxylic acid groups (broad SMARTS) is 1. The number of aromatic carboxylic acids is 1. The molecule has 2 rings (SSSR count). The van der Waals surface area contributed by atoms with E-state index in [9.17, 15) is 22.8 Å². The highest BCUT2D eigenvalue weighted by Crippen LogP contribution is 2.29. The average molecular weight is 365 g/mol. The van der Waals surface area contributed by atoms with Gasteiger partial charge in [-0.1, -0.05) is 31.2 Å². The van der Waals surface area contributed by atoms with Crippen molar-refractivity contribution in [2.45, 2.75) is 26.1 Å². The lowest BCUT2D eigenvalue weighted by molar-refractivity contribution is -0.137. The lowest BCUT2D eigenvalue weighted by atomic mass is 9.99. The molecule has 0 aromatic heterocycles. The van der Waals surface area contributed by atoms with Crippen LogP contribution in [0.5, 0.6) is 0 Å². The third-order valence-electron chi connectivity index (χ3n) is 3.94. The van der Waals surface area contributed by atoms with E-state index < -0.39 is 23.6 Å². The highest BCUT2D eigenvalue weighted by atomic mass is 19.4. The van der Waals surface area contributed by atoms with Crippen molar-refractivity contribution in [3.05, 3.63) is 70.8 Å². The molecule has 0 radical (unpaired) electrons. The van der Waals surface area contributed by atoms with E-state index in [4.69, 9.17) is 5.11 Å². The molecule has 0 spiro atoms. The van der Waals surface area contributed by atoms with E-state index in [0.29, 0.717) is 12.0 Å². The third kappa shape index (κ3) is 5.34. The second kappa shape index (κ2) is 8.03. The van der Waals surface area contributed by atoms with Gasteiger partial charge in [0.05, 0.1) is 11.1 Å². The summed E-state index contributed by atoms with van der Waals surface area (Å²) < 4.78 is 37.6. The van der Waals surface area contributed by atoms with E-state index in [1.54, 1.807) is 19.1 Å². The number of rotatable bonds is 6. The molecule has 4 nitrogen and oxygen atoms in total. The molecule has 2 N–H and O–H groups in total. The maximum absolute atomic E-state index is 12.5. The van der Waals surface area contributed by atoms with Crippen LogP contribution in [0, 0.1) is 5.92 Å². The van der Waals surface area contributed by atoms with Crippen LogP contribution in [0.2, 0.25) is 0 Å². The van der Waals surface area contributed by atoms with Crippen LogP contribution in [-0.2, 0) is 23.9 Å². The molecular weight excluding hydrogens is 347 g/mol. The van der Waals surface area contributed by atoms with Crippen LogP contribution in [0.15, 0.2) is 48.5 Å². The minimum Gasteiger partial charge on any atom is -0.478 e. The summed E-state index contributed by atoms with van der Waals surface area (Å²) in [5.74, 6) is -1.66. The van der Waals surface area contributed by atoms with Crippen molar-refractivity contribution in [2.75, 3.05) is 0 Å². The van der Waals surface area contributed by atoms with Crippen LogP contribution in [0.1, 0.15) is 34.0 Å². The Morgan fingerprint density at radius 2 is 1.54 bits per heavy atom. The predicted molar refractivity (Wildman–Crippen MR) is 89.6 cm³/mol. The predicted octanol–water partition coefficient (Wildman–Crippen LogP) is 3.90. The fourth-order valence-corrected chi connectivity index (χ4v) is 2.40. The van der Waals surface area contributed by atoms with Gasteiger partial charge >= 0.3 is 12.1 Å². The van der Waals surface area contributed by atoms with Crippen LogP contribution in [0.25, 0.3) is 0 Å². The minimum atomic E-state index is -4.38. The van der Waals surface area contributed by atoms with Crippen LogP contribution in [0.3, 0.4) is 0 Å². The summed E-state index contributed by atoms with van der Waals surface area (Å²) in [5.41, 5.74) is 0.843. The summed E-state index contributed by atoms with van der Waals surface area (Å²) >= 11 is 0. The Morgan fingerprint density at radius 1 is 1.00 bits per heavy atom. The van der Waals surface area contributed by atoms with Gasteiger partial charge in [-0.15, -0.1) is 0 Å². The van der Waals surface area contributed by atoms with E-state index >= 15 is 0 Å². The summed E-state index contributed by atoms with van der Waals surface area (Å²) in [4.78, 5) is 22.9. The number of amides is 1. The van der Waals surface area contributed by atoms with Gasteiger partial charge in [0, 0.05) is 12.5 Å². The zero-order chi connectivity index (χ0) is 19.3. The topological polar surface area (TPSA) is 66.4 Å². The SMILES string of the molecule is CC(Cc1ccc(C(F)(F)F)cc1)C(=O)NCc1ccc(C(=O)O)cc1. The van der Waals surface area contributed by atoms with Crippen molar-refractivity contribution in [1.29, 1.82) is 0 Å². The first-order valence-electron chi connectivity index (χ1n) is 7.93. The van der Waals surface area contributed by atoms with Crippen LogP contribution in [-0.4, -0.2) is 17.0 Å². The van der Waals surface area contributed by atoms with Gasteiger partial charge in [-0.2, -0.15) is 13.2 Å². The maximum atomic E-state index is 12.5. The molecule has 0 aliphatic heterocycles. The van der Waals surface area contributed by atoms with E-state index in [0.717, 1.165) is 17.7 Å². The first-order valence-corrected chi connectivity index (χ1v) is 7.93. The smallest absolute Gasteiger partial charge is 0.416 e. The monoisotopic (exact) mass is 365 g/mol. The van der Waals surface area contributed by atoms with Gasteiger partial charge in [-0.05, 0) is 41.8 Å². The molecule has 1 unspecified atom stereocenters. The molecule has 0 aliphatic rings. The van der Waals surface area contributed by atoms with Gasteiger partial charge in [0.25, 0.3) is 0 Å². The summed E-state index contributed by atoms with van der Waals surface area (Å²) in [6.07, 6.45) is -4.06. The Bertz CT molecular complexity index is 768. The van der Waals surface area contributed by atoms with Gasteiger partial charge in [-0.3, -0.25) is 4.79 Å². The lowest BCUT2D eigenvalue weighted by Crippen LogP contribution is -2.29. The molecule has 0 fully saturated rings. The first kappa shape index (κ1) is 19.5. The highest BCUT2D eigenvalue weighted by Gasteiger charge is 2.30. The number of nitrogens with one attached hydrogen (secondary N) is 1. The van der Waals surface area contributed by atoms with Gasteiger partial charge in [0.1, 0.15) is 0 Å². The molecule has 7 heteroatoms. The zero-order valence-corrected chi connectivity index (χ0v) is 14.0. The van der Waals surface area contributed by atoms with Crippen LogP contribution in [0.4, 0.5) is 13.2 Å². The zero-order valence-electron chi connectivity index (χ0n) is 14.0. The normalized spacial score (nSPS) is 12.5. The molecule has 138 valence electrons. The molecule has 1 atom stereocenters. The number of halogens is 3. The standard InChI is InChI=1S/C19H18F3NO3/c1-12(10-13-4-8-16(9-5-13)19(20,21)22)17(24)23-11-14-2-6-15(7-3-14)18(25)26/h2-9,12H,10-11H2,1H3,(H,23,24)(H,25,26). The van der Waals surface area contributed by atoms with Crippen molar-refractivity contribution in [1.82, 2.24) is 5.32 Å². The molecule has 0 saturated heterocycles. The Hall–Kier alpha value is -2.83. The van der Waals surface area contributed by atoms with Gasteiger partial charge in [0.2, 0.25) is 5.91 Å². The second-order valence-corrected chi connectivity index (χ2v) is 6.02. The van der Waals surface area contributed by atoms with Gasteiger partial charge < -0.3 is 10.4 Å². The molecule has 0 bridgehead atoms. The Kier molecular flexibility index (Phi) is 6.02. The highest BCUT2D eigenvalue weighted by molar-refractivity contribution is 5.87. The number of carboxylic acids is 1. The summed E-state index contributed by atoms with van der Waals surface area (Å²) in [7, 11) is 0. The molecular formula is C19H18F3NO3. The molecule has 2 aromatic carbocycles. The molecule has 26 heavy (non-hydrogen) atoms. The van der Waals surface area contributed by atoms with Crippen molar-refractivity contribution >= 4 is 11.9 Å². The number of carbonyl (C=O) groups is 2. The summed E-state index contributed by atoms with van der Waals surface area (Å²) in [6, 6.07) is 10.9. The van der Waals surface area contributed by atoms with E-state index in [-0.39, 0.29) is 18.0 Å². The maximum Gasteiger partial charge on any atom is 0.416 e. The van der Waals surface area contributed by atoms with E-state index in [2.05, 4.69) is 5.32 Å². The van der Waals surface area contributed by atoms with Crippen molar-refractivity contribution in [2.24, 2.45) is 5.92 Å². The minimum absolute atomic E-state index is 0.163. The molecule has 1 amide bonds. The number of alkyl halides is 3. The average Bonchev–Trinajstić information content (AvgIpc) is 2.59. The Balaban J connectivity index is 1.88. The van der Waals surface area contributed by atoms with Crippen molar-refractivity contribution in [3.8, 4) is 0 Å². The second-order valence-electron chi connectivity index (χ2n) is 6.02. The number of hydrogen-bond acceptors (Lipinski definition) is 2. The number of hydrogen-bond donors (Lipinski definition) is 2. The summed E-state index contributed by atoms with van der Waals surface area (Å²) in [5, 5.41) is 11.6. The summed E-state index contributed by atoms with van der Waals surface area (Å²) in [6.45, 7) is 1.94. The van der Waals surface area contributed by atoms with Crippen LogP contribution < -0.4 is 5.32 Å². The molecule has 0 heterocycles. The largest absolute Gasteiger partial charge is 0.478 e. The number of benzene rings is 2. The first-order chi connectivity index (χ1) is 12.2. The molecule has 2 aromatic rings. The van der Waals surface area contributed by atoms with Gasteiger partial charge in [0.15, 0.2) is 0 Å². The molecule has 0 aliphatic carbocycles.